The SMILES string of the molecule is CC1(C)C(=O)NCCN1C(=O)c1cn(-c2ccc(F)cc2)nn1. The highest BCUT2D eigenvalue weighted by Crippen LogP contribution is 2.20. The molecule has 0 saturated carbocycles. The lowest BCUT2D eigenvalue weighted by atomic mass is 9.98. The number of carbonyl (C=O) groups excluding carboxylic acids is 2. The average molecular weight is 317 g/mol. The molecule has 2 aromatic rings. The van der Waals surface area contributed by atoms with Crippen molar-refractivity contribution in [1.29, 1.82) is 0 Å². The highest BCUT2D eigenvalue weighted by Gasteiger charge is 2.41. The van der Waals surface area contributed by atoms with E-state index in [2.05, 4.69) is 15.6 Å². The maximum atomic E-state index is 13.0. The van der Waals surface area contributed by atoms with Crippen LogP contribution in [0.4, 0.5) is 4.39 Å². The number of benzene rings is 1. The second-order valence-electron chi connectivity index (χ2n) is 5.80. The number of rotatable bonds is 2. The molecule has 2 heterocycles. The molecule has 0 atom stereocenters. The molecule has 0 aliphatic carbocycles. The predicted octanol–water partition coefficient (Wildman–Crippen LogP) is 0.757. The number of amides is 2. The van der Waals surface area contributed by atoms with E-state index >= 15 is 0 Å². The van der Waals surface area contributed by atoms with Gasteiger partial charge in [0.05, 0.1) is 11.9 Å². The Hall–Kier alpha value is -2.77. The fourth-order valence-corrected chi connectivity index (χ4v) is 2.48. The van der Waals surface area contributed by atoms with Crippen molar-refractivity contribution < 1.29 is 14.0 Å². The number of hydrogen-bond donors (Lipinski definition) is 1. The van der Waals surface area contributed by atoms with Gasteiger partial charge in [-0.15, -0.1) is 5.10 Å². The standard InChI is InChI=1S/C15H16FN5O2/c1-15(2)14(23)17-7-8-20(15)13(22)12-9-21(19-18-12)11-5-3-10(16)4-6-11/h3-6,9H,7-8H2,1-2H3,(H,17,23). The van der Waals surface area contributed by atoms with E-state index in [-0.39, 0.29) is 23.3 Å². The molecule has 1 fully saturated rings. The molecule has 1 aromatic carbocycles. The van der Waals surface area contributed by atoms with E-state index in [1.165, 1.54) is 40.0 Å². The van der Waals surface area contributed by atoms with E-state index in [1.54, 1.807) is 13.8 Å². The van der Waals surface area contributed by atoms with Crippen molar-refractivity contribution in [3.63, 3.8) is 0 Å². The van der Waals surface area contributed by atoms with E-state index in [1.807, 2.05) is 0 Å². The van der Waals surface area contributed by atoms with E-state index in [4.69, 9.17) is 0 Å². The summed E-state index contributed by atoms with van der Waals surface area (Å²) in [7, 11) is 0. The summed E-state index contributed by atoms with van der Waals surface area (Å²) < 4.78 is 14.3. The number of halogens is 1. The van der Waals surface area contributed by atoms with Gasteiger partial charge in [0.2, 0.25) is 5.91 Å². The monoisotopic (exact) mass is 317 g/mol. The van der Waals surface area contributed by atoms with Crippen LogP contribution < -0.4 is 5.32 Å². The minimum Gasteiger partial charge on any atom is -0.352 e. The molecule has 23 heavy (non-hydrogen) atoms. The second-order valence-corrected chi connectivity index (χ2v) is 5.80. The van der Waals surface area contributed by atoms with Gasteiger partial charge >= 0.3 is 0 Å². The Balaban J connectivity index is 1.86. The maximum Gasteiger partial charge on any atom is 0.276 e. The van der Waals surface area contributed by atoms with E-state index in [0.29, 0.717) is 18.8 Å². The molecule has 3 rings (SSSR count). The van der Waals surface area contributed by atoms with Crippen LogP contribution in [0.5, 0.6) is 0 Å². The molecule has 0 spiro atoms. The number of aromatic nitrogens is 3. The zero-order valence-corrected chi connectivity index (χ0v) is 12.8. The fourth-order valence-electron chi connectivity index (χ4n) is 2.48. The molecule has 0 unspecified atom stereocenters. The van der Waals surface area contributed by atoms with Crippen molar-refractivity contribution in [3.05, 3.63) is 42.0 Å². The van der Waals surface area contributed by atoms with Crippen LogP contribution in [0.3, 0.4) is 0 Å². The van der Waals surface area contributed by atoms with Crippen LogP contribution in [0, 0.1) is 5.82 Å². The van der Waals surface area contributed by atoms with E-state index in [9.17, 15) is 14.0 Å². The lowest BCUT2D eigenvalue weighted by Crippen LogP contribution is -2.63. The Morgan fingerprint density at radius 1 is 1.30 bits per heavy atom. The Bertz CT molecular complexity index is 753. The Morgan fingerprint density at radius 3 is 2.70 bits per heavy atom. The van der Waals surface area contributed by atoms with Crippen LogP contribution in [0.2, 0.25) is 0 Å². The van der Waals surface area contributed by atoms with Gasteiger partial charge in [-0.2, -0.15) is 0 Å². The Morgan fingerprint density at radius 2 is 2.00 bits per heavy atom. The summed E-state index contributed by atoms with van der Waals surface area (Å²) in [5.41, 5.74) is -0.222. The molecule has 1 aliphatic heterocycles. The number of hydrogen-bond acceptors (Lipinski definition) is 4. The molecule has 2 amide bonds. The van der Waals surface area contributed by atoms with Gasteiger partial charge in [-0.3, -0.25) is 9.59 Å². The third-order valence-electron chi connectivity index (χ3n) is 3.90. The topological polar surface area (TPSA) is 80.1 Å². The van der Waals surface area contributed by atoms with Gasteiger partial charge in [-0.25, -0.2) is 9.07 Å². The van der Waals surface area contributed by atoms with Crippen molar-refractivity contribution >= 4 is 11.8 Å². The molecule has 1 N–H and O–H groups in total. The Labute approximate surface area is 132 Å². The first-order valence-corrected chi connectivity index (χ1v) is 7.18. The first kappa shape index (κ1) is 15.1. The van der Waals surface area contributed by atoms with Gasteiger partial charge in [0.1, 0.15) is 11.4 Å². The molecule has 1 aliphatic rings. The molecular formula is C15H16FN5O2. The summed E-state index contributed by atoms with van der Waals surface area (Å²) in [4.78, 5) is 26.0. The Kier molecular flexibility index (Phi) is 3.59. The zero-order valence-electron chi connectivity index (χ0n) is 12.8. The van der Waals surface area contributed by atoms with Gasteiger partial charge in [0.15, 0.2) is 5.69 Å². The van der Waals surface area contributed by atoms with E-state index < -0.39 is 5.54 Å². The van der Waals surface area contributed by atoms with Crippen LogP contribution in [0.25, 0.3) is 5.69 Å². The lowest BCUT2D eigenvalue weighted by molar-refractivity contribution is -0.133. The van der Waals surface area contributed by atoms with Crippen molar-refractivity contribution in [1.82, 2.24) is 25.2 Å². The summed E-state index contributed by atoms with van der Waals surface area (Å²) in [5, 5.41) is 10.5. The molecule has 120 valence electrons. The van der Waals surface area contributed by atoms with Crippen molar-refractivity contribution in [2.24, 2.45) is 0 Å². The largest absolute Gasteiger partial charge is 0.352 e. The third-order valence-corrected chi connectivity index (χ3v) is 3.90. The predicted molar refractivity (Wildman–Crippen MR) is 79.4 cm³/mol. The summed E-state index contributed by atoms with van der Waals surface area (Å²) in [6.45, 7) is 4.18. The second kappa shape index (κ2) is 5.45. The summed E-state index contributed by atoms with van der Waals surface area (Å²) in [6, 6.07) is 5.68. The molecule has 0 bridgehead atoms. The highest BCUT2D eigenvalue weighted by molar-refractivity contribution is 5.98. The lowest BCUT2D eigenvalue weighted by Gasteiger charge is -2.40. The fraction of sp³-hybridized carbons (Fsp3) is 0.333. The summed E-state index contributed by atoms with van der Waals surface area (Å²) in [5.74, 6) is -0.924. The van der Waals surface area contributed by atoms with Crippen LogP contribution in [0.15, 0.2) is 30.5 Å². The minimum atomic E-state index is -0.949. The van der Waals surface area contributed by atoms with Crippen molar-refractivity contribution in [2.45, 2.75) is 19.4 Å². The first-order valence-electron chi connectivity index (χ1n) is 7.18. The maximum absolute atomic E-state index is 13.0. The minimum absolute atomic E-state index is 0.136. The smallest absolute Gasteiger partial charge is 0.276 e. The molecule has 8 heteroatoms. The van der Waals surface area contributed by atoms with Gasteiger partial charge in [-0.1, -0.05) is 5.21 Å². The molecular weight excluding hydrogens is 301 g/mol. The van der Waals surface area contributed by atoms with Gasteiger partial charge in [0.25, 0.3) is 5.91 Å². The molecule has 0 radical (unpaired) electrons. The van der Waals surface area contributed by atoms with Crippen LogP contribution >= 0.6 is 0 Å². The van der Waals surface area contributed by atoms with Crippen LogP contribution in [0.1, 0.15) is 24.3 Å². The first-order chi connectivity index (χ1) is 10.9. The molecule has 1 aromatic heterocycles. The van der Waals surface area contributed by atoms with Gasteiger partial charge in [-0.05, 0) is 38.1 Å². The number of carbonyl (C=O) groups is 2. The van der Waals surface area contributed by atoms with Gasteiger partial charge in [0, 0.05) is 13.1 Å². The quantitative estimate of drug-likeness (QED) is 0.887. The van der Waals surface area contributed by atoms with Crippen molar-refractivity contribution in [2.75, 3.05) is 13.1 Å². The van der Waals surface area contributed by atoms with Crippen LogP contribution in [-0.2, 0) is 4.79 Å². The van der Waals surface area contributed by atoms with E-state index in [0.717, 1.165) is 0 Å². The van der Waals surface area contributed by atoms with Gasteiger partial charge < -0.3 is 10.2 Å². The number of piperazine rings is 1. The summed E-state index contributed by atoms with van der Waals surface area (Å²) >= 11 is 0. The molecule has 7 nitrogen and oxygen atoms in total. The third kappa shape index (κ3) is 2.67. The van der Waals surface area contributed by atoms with Crippen molar-refractivity contribution in [3.8, 4) is 5.69 Å². The highest BCUT2D eigenvalue weighted by atomic mass is 19.1. The van der Waals surface area contributed by atoms with Crippen LogP contribution in [-0.4, -0.2) is 50.3 Å². The molecule has 1 saturated heterocycles. The number of nitrogens with one attached hydrogen (secondary N) is 1. The zero-order chi connectivity index (χ0) is 16.6. The summed E-state index contributed by atoms with van der Waals surface area (Å²) in [6.07, 6.45) is 1.47. The normalized spacial score (nSPS) is 17.0. The average Bonchev–Trinajstić information content (AvgIpc) is 3.00. The number of nitrogens with zero attached hydrogens (tertiary/aromatic N) is 4.